The number of phenolic OH excluding ortho intramolecular Hbond substituents is 1. The zero-order valence-corrected chi connectivity index (χ0v) is 9.74. The molecule has 1 N–H and O–H groups in total. The van der Waals surface area contributed by atoms with Gasteiger partial charge in [0.1, 0.15) is 5.75 Å². The number of nitrogens with zero attached hydrogens (tertiary/aromatic N) is 1. The first kappa shape index (κ1) is 12.1. The van der Waals surface area contributed by atoms with Gasteiger partial charge in [-0.1, -0.05) is 26.0 Å². The normalized spacial score (nSPS) is 10.9. The lowest BCUT2D eigenvalue weighted by atomic mass is 10.1. The van der Waals surface area contributed by atoms with E-state index in [2.05, 4.69) is 24.8 Å². The maximum absolute atomic E-state index is 9.30. The summed E-state index contributed by atoms with van der Waals surface area (Å²) in [5.41, 5.74) is 1.22. The Hall–Kier alpha value is -1.02. The van der Waals surface area contributed by atoms with Crippen LogP contribution in [-0.4, -0.2) is 29.6 Å². The lowest BCUT2D eigenvalue weighted by Crippen LogP contribution is -2.24. The predicted octanol–water partition coefficient (Wildman–Crippen LogP) is 2.67. The molecule has 0 saturated carbocycles. The second-order valence-electron chi connectivity index (χ2n) is 3.80. The highest BCUT2D eigenvalue weighted by Gasteiger charge is 1.99. The van der Waals surface area contributed by atoms with Crippen molar-refractivity contribution in [1.29, 1.82) is 0 Å². The van der Waals surface area contributed by atoms with Crippen molar-refractivity contribution in [2.24, 2.45) is 0 Å². The number of rotatable bonds is 6. The minimum absolute atomic E-state index is 0.371. The Kier molecular flexibility index (Phi) is 5.19. The van der Waals surface area contributed by atoms with Crippen LogP contribution in [0.25, 0.3) is 0 Å². The van der Waals surface area contributed by atoms with Gasteiger partial charge in [0.25, 0.3) is 0 Å². The van der Waals surface area contributed by atoms with Gasteiger partial charge in [0.05, 0.1) is 0 Å². The Morgan fingerprint density at radius 2 is 1.93 bits per heavy atom. The fourth-order valence-electron chi connectivity index (χ4n) is 1.76. The van der Waals surface area contributed by atoms with Gasteiger partial charge in [0.2, 0.25) is 0 Å². The standard InChI is InChI=1S/C13H21NO/c1-3-14(4-2)10-6-8-12-7-5-9-13(15)11-12/h5,7,9,11,15H,3-4,6,8,10H2,1-2H3. The molecule has 0 atom stereocenters. The number of aromatic hydroxyl groups is 1. The smallest absolute Gasteiger partial charge is 0.115 e. The molecule has 0 aliphatic rings. The van der Waals surface area contributed by atoms with Crippen LogP contribution in [0, 0.1) is 0 Å². The topological polar surface area (TPSA) is 23.5 Å². The Balaban J connectivity index is 2.31. The van der Waals surface area contributed by atoms with Gasteiger partial charge in [-0.15, -0.1) is 0 Å². The van der Waals surface area contributed by atoms with E-state index in [0.717, 1.165) is 32.5 Å². The molecule has 0 spiro atoms. The van der Waals surface area contributed by atoms with Gasteiger partial charge < -0.3 is 10.0 Å². The van der Waals surface area contributed by atoms with Crippen LogP contribution in [0.4, 0.5) is 0 Å². The molecule has 0 aliphatic heterocycles. The van der Waals surface area contributed by atoms with Gasteiger partial charge in [-0.25, -0.2) is 0 Å². The van der Waals surface area contributed by atoms with Crippen LogP contribution in [0.5, 0.6) is 5.75 Å². The summed E-state index contributed by atoms with van der Waals surface area (Å²) in [6.45, 7) is 7.77. The van der Waals surface area contributed by atoms with Crippen molar-refractivity contribution in [1.82, 2.24) is 4.90 Å². The van der Waals surface area contributed by atoms with Gasteiger partial charge >= 0.3 is 0 Å². The van der Waals surface area contributed by atoms with E-state index >= 15 is 0 Å². The third-order valence-corrected chi connectivity index (χ3v) is 2.74. The summed E-state index contributed by atoms with van der Waals surface area (Å²) in [6, 6.07) is 7.54. The third-order valence-electron chi connectivity index (χ3n) is 2.74. The number of phenols is 1. The highest BCUT2D eigenvalue weighted by molar-refractivity contribution is 5.27. The van der Waals surface area contributed by atoms with Gasteiger partial charge in [0.15, 0.2) is 0 Å². The summed E-state index contributed by atoms with van der Waals surface area (Å²) < 4.78 is 0. The first-order valence-electron chi connectivity index (χ1n) is 5.76. The molecule has 0 bridgehead atoms. The van der Waals surface area contributed by atoms with Crippen LogP contribution in [0.3, 0.4) is 0 Å². The molecule has 0 amide bonds. The molecule has 1 rings (SSSR count). The zero-order valence-electron chi connectivity index (χ0n) is 9.74. The van der Waals surface area contributed by atoms with Crippen LogP contribution >= 0.6 is 0 Å². The number of aryl methyl sites for hydroxylation is 1. The van der Waals surface area contributed by atoms with Crippen molar-refractivity contribution in [3.8, 4) is 5.75 Å². The Bertz CT molecular complexity index is 282. The van der Waals surface area contributed by atoms with E-state index in [9.17, 15) is 5.11 Å². The molecule has 0 fully saturated rings. The van der Waals surface area contributed by atoms with Gasteiger partial charge in [-0.2, -0.15) is 0 Å². The third kappa shape index (κ3) is 4.34. The highest BCUT2D eigenvalue weighted by atomic mass is 16.3. The van der Waals surface area contributed by atoms with Gasteiger partial charge in [0, 0.05) is 0 Å². The van der Waals surface area contributed by atoms with Crippen molar-refractivity contribution < 1.29 is 5.11 Å². The van der Waals surface area contributed by atoms with Crippen molar-refractivity contribution in [3.63, 3.8) is 0 Å². The molecule has 1 aromatic rings. The predicted molar refractivity (Wildman–Crippen MR) is 64.2 cm³/mol. The Morgan fingerprint density at radius 3 is 2.53 bits per heavy atom. The van der Waals surface area contributed by atoms with Crippen molar-refractivity contribution in [3.05, 3.63) is 29.8 Å². The van der Waals surface area contributed by atoms with E-state index < -0.39 is 0 Å². The monoisotopic (exact) mass is 207 g/mol. The van der Waals surface area contributed by atoms with Crippen LogP contribution in [0.1, 0.15) is 25.8 Å². The summed E-state index contributed by atoms with van der Waals surface area (Å²) in [7, 11) is 0. The van der Waals surface area contributed by atoms with E-state index in [4.69, 9.17) is 0 Å². The molecule has 0 heterocycles. The lowest BCUT2D eigenvalue weighted by molar-refractivity contribution is 0.300. The van der Waals surface area contributed by atoms with Crippen molar-refractivity contribution in [2.75, 3.05) is 19.6 Å². The van der Waals surface area contributed by atoms with Crippen LogP contribution in [-0.2, 0) is 6.42 Å². The van der Waals surface area contributed by atoms with E-state index in [-0.39, 0.29) is 0 Å². The molecule has 0 aromatic heterocycles. The van der Waals surface area contributed by atoms with E-state index in [0.29, 0.717) is 5.75 Å². The summed E-state index contributed by atoms with van der Waals surface area (Å²) in [6.07, 6.45) is 2.20. The molecule has 2 nitrogen and oxygen atoms in total. The molecular weight excluding hydrogens is 186 g/mol. The fraction of sp³-hybridized carbons (Fsp3) is 0.538. The average molecular weight is 207 g/mol. The second kappa shape index (κ2) is 6.46. The Labute approximate surface area is 92.5 Å². The first-order valence-corrected chi connectivity index (χ1v) is 5.76. The minimum atomic E-state index is 0.371. The maximum atomic E-state index is 9.30. The molecule has 0 radical (unpaired) electrons. The quantitative estimate of drug-likeness (QED) is 0.775. The molecule has 2 heteroatoms. The lowest BCUT2D eigenvalue weighted by Gasteiger charge is -2.17. The molecule has 15 heavy (non-hydrogen) atoms. The minimum Gasteiger partial charge on any atom is -0.508 e. The van der Waals surface area contributed by atoms with Crippen LogP contribution in [0.15, 0.2) is 24.3 Å². The Morgan fingerprint density at radius 1 is 1.20 bits per heavy atom. The molecule has 1 aromatic carbocycles. The second-order valence-corrected chi connectivity index (χ2v) is 3.80. The van der Waals surface area contributed by atoms with E-state index in [1.807, 2.05) is 12.1 Å². The first-order chi connectivity index (χ1) is 7.26. The SMILES string of the molecule is CCN(CC)CCCc1cccc(O)c1. The largest absolute Gasteiger partial charge is 0.508 e. The molecular formula is C13H21NO. The van der Waals surface area contributed by atoms with Crippen molar-refractivity contribution in [2.45, 2.75) is 26.7 Å². The average Bonchev–Trinajstić information content (AvgIpc) is 2.25. The van der Waals surface area contributed by atoms with E-state index in [1.54, 1.807) is 6.07 Å². The van der Waals surface area contributed by atoms with Crippen molar-refractivity contribution >= 4 is 0 Å². The van der Waals surface area contributed by atoms with Crippen LogP contribution in [0.2, 0.25) is 0 Å². The summed E-state index contributed by atoms with van der Waals surface area (Å²) >= 11 is 0. The number of hydrogen-bond donors (Lipinski definition) is 1. The number of hydrogen-bond acceptors (Lipinski definition) is 2. The molecule has 0 unspecified atom stereocenters. The van der Waals surface area contributed by atoms with Gasteiger partial charge in [-0.3, -0.25) is 0 Å². The summed E-state index contributed by atoms with van der Waals surface area (Å²) in [4.78, 5) is 2.42. The zero-order chi connectivity index (χ0) is 11.1. The molecule has 0 aliphatic carbocycles. The molecule has 0 saturated heterocycles. The van der Waals surface area contributed by atoms with E-state index in [1.165, 1.54) is 5.56 Å². The number of benzene rings is 1. The fourth-order valence-corrected chi connectivity index (χ4v) is 1.76. The highest BCUT2D eigenvalue weighted by Crippen LogP contribution is 2.12. The summed E-state index contributed by atoms with van der Waals surface area (Å²) in [5, 5.41) is 9.30. The molecule has 84 valence electrons. The summed E-state index contributed by atoms with van der Waals surface area (Å²) in [5.74, 6) is 0.371. The maximum Gasteiger partial charge on any atom is 0.115 e. The van der Waals surface area contributed by atoms with Crippen LogP contribution < -0.4 is 0 Å². The van der Waals surface area contributed by atoms with Gasteiger partial charge in [-0.05, 0) is 50.2 Å².